The number of aromatic nitrogens is 6. The number of rotatable bonds is 15. The van der Waals surface area contributed by atoms with E-state index in [1.54, 1.807) is 24.3 Å². The van der Waals surface area contributed by atoms with Crippen molar-refractivity contribution < 1.29 is 0 Å². The van der Waals surface area contributed by atoms with E-state index >= 15 is 0 Å². The van der Waals surface area contributed by atoms with E-state index in [0.29, 0.717) is 83.7 Å². The van der Waals surface area contributed by atoms with Gasteiger partial charge in [0.2, 0.25) is 0 Å². The van der Waals surface area contributed by atoms with E-state index in [1.165, 1.54) is 0 Å². The van der Waals surface area contributed by atoms with Gasteiger partial charge in [0.1, 0.15) is 0 Å². The van der Waals surface area contributed by atoms with Crippen molar-refractivity contribution in [2.75, 3.05) is 0 Å². The Bertz CT molecular complexity index is 9750. The molecule has 0 bridgehead atoms. The highest BCUT2D eigenvalue weighted by molar-refractivity contribution is 6.18. The number of hydrogen-bond acceptors (Lipinski definition) is 10. The molecule has 18 aromatic carbocycles. The summed E-state index contributed by atoms with van der Waals surface area (Å²) in [6, 6.07) is 154. The largest absolute Gasteiger partial charge is 0.308 e. The van der Waals surface area contributed by atoms with Crippen LogP contribution in [0.2, 0.25) is 0 Å². The molecule has 14 nitrogen and oxygen atoms in total. The average molecular weight is 1810 g/mol. The van der Waals surface area contributed by atoms with Gasteiger partial charge in [-0.15, -0.1) is 0 Å². The molecule has 0 amide bonds. The first kappa shape index (κ1) is 84.4. The van der Waals surface area contributed by atoms with Gasteiger partial charge in [0.15, 0.2) is 0 Å². The molecule has 0 aliphatic heterocycles. The summed E-state index contributed by atoms with van der Waals surface area (Å²) in [4.78, 5) is 10.5. The molecule has 654 valence electrons. The molecule has 0 aliphatic carbocycles. The summed E-state index contributed by atoms with van der Waals surface area (Å²) >= 11 is 0. The zero-order valence-corrected chi connectivity index (χ0v) is 76.4. The summed E-state index contributed by atoms with van der Waals surface area (Å²) in [5.41, 5.74) is 32.1. The Kier molecular flexibility index (Phi) is 20.4. The molecule has 0 saturated carbocycles. The number of pyridine rings is 2. The fraction of sp³-hybridized carbons (Fsp3) is 0.0156. The number of aryl methyl sites for hydroxylation is 2. The van der Waals surface area contributed by atoms with Crippen LogP contribution in [0.4, 0.5) is 0 Å². The fourth-order valence-corrected chi connectivity index (χ4v) is 21.1. The maximum atomic E-state index is 12.0. The zero-order valence-electron chi connectivity index (χ0n) is 76.4. The molecule has 24 rings (SSSR count). The number of nitriles is 8. The van der Waals surface area contributed by atoms with Gasteiger partial charge >= 0.3 is 0 Å². The topological polar surface area (TPSA) is 236 Å². The van der Waals surface area contributed by atoms with Crippen LogP contribution >= 0.6 is 0 Å². The van der Waals surface area contributed by atoms with Gasteiger partial charge in [0.05, 0.1) is 171 Å². The summed E-state index contributed by atoms with van der Waals surface area (Å²) in [6.07, 6.45) is 0. The first-order valence-corrected chi connectivity index (χ1v) is 46.4. The van der Waals surface area contributed by atoms with Gasteiger partial charge in [0.25, 0.3) is 0 Å². The summed E-state index contributed by atoms with van der Waals surface area (Å²) in [5, 5.41) is 95.3. The standard InChI is InChI=1S/C128H72N14/c1-77-49-100(50-78(2)137-77)127-125(141-119-63-94(89-25-13-17-80(51-89)70-130)40-46-106(119)107-47-41-95(64-120(107)141)90-26-14-18-81(52-90)71-131)57-85(75-135)58-126(127)142-121-65-96(91-27-15-19-82(53-91)72-132)43-48-108(121)112-67-111(110(68-122(112)142)98-28-16-20-83(54-98)73-133)109-59-92(37-38-99(109)76-136)97-42-45-105-103-30-10-12-32-116(103)140(118(105)66-97)124-56-84(74-134)55-123(128(124)101-60-113(87-21-5-3-6-22-87)138-114(61-101)88-23-7-4-8-24-88)139-115-31-11-9-29-102(115)104-44-39-93(62-117(104)139)86-35-33-79(69-129)34-36-86/h3-68H,1-2H3. The van der Waals surface area contributed by atoms with Gasteiger partial charge in [-0.2, -0.15) is 42.1 Å². The smallest absolute Gasteiger partial charge is 0.0998 e. The van der Waals surface area contributed by atoms with Crippen molar-refractivity contribution in [1.29, 1.82) is 42.1 Å². The molecule has 0 saturated heterocycles. The minimum Gasteiger partial charge on any atom is -0.308 e. The molecule has 6 heterocycles. The Labute approximate surface area is 816 Å². The average Bonchev–Trinajstić information content (AvgIpc) is 1.57. The van der Waals surface area contributed by atoms with Crippen LogP contribution < -0.4 is 0 Å². The lowest BCUT2D eigenvalue weighted by molar-refractivity contribution is 1.11. The van der Waals surface area contributed by atoms with E-state index in [9.17, 15) is 42.1 Å². The quantitative estimate of drug-likeness (QED) is 0.0941. The summed E-state index contributed by atoms with van der Waals surface area (Å²) in [7, 11) is 0. The Morgan fingerprint density at radius 3 is 0.887 bits per heavy atom. The lowest BCUT2D eigenvalue weighted by Gasteiger charge is -2.22. The van der Waals surface area contributed by atoms with Crippen molar-refractivity contribution in [1.82, 2.24) is 28.2 Å². The van der Waals surface area contributed by atoms with Crippen LogP contribution in [-0.2, 0) is 0 Å². The van der Waals surface area contributed by atoms with Gasteiger partial charge in [-0.3, -0.25) is 4.98 Å². The number of nitrogens with zero attached hydrogens (tertiary/aromatic N) is 14. The van der Waals surface area contributed by atoms with E-state index in [-0.39, 0.29) is 0 Å². The van der Waals surface area contributed by atoms with Crippen LogP contribution in [-0.4, -0.2) is 28.2 Å². The Morgan fingerprint density at radius 2 is 0.486 bits per heavy atom. The van der Waals surface area contributed by atoms with Crippen LogP contribution in [0.5, 0.6) is 0 Å². The second kappa shape index (κ2) is 34.4. The molecular formula is C128H72N14. The number of para-hydroxylation sites is 2. The van der Waals surface area contributed by atoms with Gasteiger partial charge in [-0.1, -0.05) is 224 Å². The SMILES string of the molecule is Cc1cc(-c2c(-n3c4cc(-c5cccc(C#N)c5)ccc4c4ccc(-c5cccc(C#N)c5)cc43)cc(C#N)cc2-n2c3cc(-c4cccc(C#N)c4)ccc3c3cc(-c4cc(-c5ccc6c7ccccc7n(-c7cc(C#N)cc(-n8c9ccccc9c9ccc(-c%10ccc(C#N)cc%10)cc98)c7-c7cc(-c8ccccc8)nc(-c8ccccc8)c7)c6c5)ccc4C#N)c(-c4cccc(C#N)c4)cc32)cc(C)n1. The molecule has 0 fully saturated rings. The van der Waals surface area contributed by atoms with Crippen molar-refractivity contribution >= 4 is 87.2 Å². The molecule has 0 N–H and O–H groups in total. The minimum absolute atomic E-state index is 0.336. The molecule has 6 aromatic heterocycles. The molecule has 0 spiro atoms. The van der Waals surface area contributed by atoms with E-state index in [0.717, 1.165) is 205 Å². The van der Waals surface area contributed by atoms with Gasteiger partial charge < -0.3 is 18.3 Å². The third-order valence-corrected chi connectivity index (χ3v) is 27.4. The van der Waals surface area contributed by atoms with E-state index in [1.807, 2.05) is 184 Å². The first-order chi connectivity index (χ1) is 69.8. The van der Waals surface area contributed by atoms with Crippen LogP contribution in [0.15, 0.2) is 400 Å². The predicted molar refractivity (Wildman–Crippen MR) is 566 cm³/mol. The lowest BCUT2D eigenvalue weighted by Crippen LogP contribution is -2.06. The highest BCUT2D eigenvalue weighted by atomic mass is 15.0. The third kappa shape index (κ3) is 14.4. The molecule has 142 heavy (non-hydrogen) atoms. The molecule has 0 radical (unpaired) electrons. The third-order valence-electron chi connectivity index (χ3n) is 27.4. The van der Waals surface area contributed by atoms with Crippen molar-refractivity contribution in [3.05, 3.63) is 456 Å². The van der Waals surface area contributed by atoms with Crippen molar-refractivity contribution in [2.24, 2.45) is 0 Å². The number of hydrogen-bond donors (Lipinski definition) is 0. The molecule has 14 heteroatoms. The van der Waals surface area contributed by atoms with E-state index in [2.05, 4.69) is 273 Å². The maximum Gasteiger partial charge on any atom is 0.0998 e. The number of benzene rings is 18. The lowest BCUT2D eigenvalue weighted by atomic mass is 9.88. The highest BCUT2D eigenvalue weighted by Gasteiger charge is 2.31. The monoisotopic (exact) mass is 1800 g/mol. The fourth-order valence-electron chi connectivity index (χ4n) is 21.1. The molecule has 0 aliphatic rings. The highest BCUT2D eigenvalue weighted by Crippen LogP contribution is 2.52. The van der Waals surface area contributed by atoms with Crippen LogP contribution in [0.3, 0.4) is 0 Å². The van der Waals surface area contributed by atoms with E-state index < -0.39 is 0 Å². The Hall–Kier alpha value is -20.6. The normalized spacial score (nSPS) is 11.3. The molecule has 0 atom stereocenters. The van der Waals surface area contributed by atoms with Crippen LogP contribution in [0.1, 0.15) is 55.9 Å². The summed E-state index contributed by atoms with van der Waals surface area (Å²) < 4.78 is 9.10. The Morgan fingerprint density at radius 1 is 0.176 bits per heavy atom. The van der Waals surface area contributed by atoms with Crippen LogP contribution in [0, 0.1) is 104 Å². The van der Waals surface area contributed by atoms with Crippen molar-refractivity contribution in [3.8, 4) is 194 Å². The molecule has 24 aromatic rings. The minimum atomic E-state index is 0.336. The predicted octanol–water partition coefficient (Wildman–Crippen LogP) is 30.8. The summed E-state index contributed by atoms with van der Waals surface area (Å²) in [6.45, 7) is 3.96. The Balaban J connectivity index is 0.770. The van der Waals surface area contributed by atoms with Gasteiger partial charge in [0, 0.05) is 82.3 Å². The van der Waals surface area contributed by atoms with Gasteiger partial charge in [-0.05, 0) is 273 Å². The maximum absolute atomic E-state index is 12.0. The zero-order chi connectivity index (χ0) is 96.1. The molecular weight excluding hydrogens is 1730 g/mol. The van der Waals surface area contributed by atoms with E-state index in [4.69, 9.17) is 9.97 Å². The first-order valence-electron chi connectivity index (χ1n) is 46.4. The number of fused-ring (bicyclic) bond motifs is 12. The second-order valence-corrected chi connectivity index (χ2v) is 35.8. The van der Waals surface area contributed by atoms with Gasteiger partial charge in [-0.25, -0.2) is 4.98 Å². The molecule has 0 unspecified atom stereocenters. The summed E-state index contributed by atoms with van der Waals surface area (Å²) in [5.74, 6) is 0. The van der Waals surface area contributed by atoms with Crippen molar-refractivity contribution in [3.63, 3.8) is 0 Å². The van der Waals surface area contributed by atoms with Crippen molar-refractivity contribution in [2.45, 2.75) is 13.8 Å². The van der Waals surface area contributed by atoms with Crippen LogP contribution in [0.25, 0.3) is 233 Å². The second-order valence-electron chi connectivity index (χ2n) is 35.8.